The van der Waals surface area contributed by atoms with Crippen molar-refractivity contribution in [2.24, 2.45) is 0 Å². The van der Waals surface area contributed by atoms with Gasteiger partial charge in [-0.2, -0.15) is 0 Å². The van der Waals surface area contributed by atoms with E-state index in [0.29, 0.717) is 6.42 Å². The molecule has 2 aromatic rings. The van der Waals surface area contributed by atoms with Crippen LogP contribution < -0.4 is 0 Å². The lowest BCUT2D eigenvalue weighted by Gasteiger charge is -2.18. The predicted molar refractivity (Wildman–Crippen MR) is 70.1 cm³/mol. The average molecular weight is 230 g/mol. The molecule has 0 aliphatic heterocycles. The van der Waals surface area contributed by atoms with Crippen molar-refractivity contribution in [2.45, 2.75) is 25.4 Å². The van der Waals surface area contributed by atoms with E-state index in [1.165, 1.54) is 10.8 Å². The summed E-state index contributed by atoms with van der Waals surface area (Å²) >= 11 is 0. The zero-order chi connectivity index (χ0) is 12.3. The smallest absolute Gasteiger partial charge is 0.0627 e. The van der Waals surface area contributed by atoms with E-state index in [9.17, 15) is 5.11 Å². The number of aliphatic hydroxyl groups is 2. The molecule has 0 fully saturated rings. The van der Waals surface area contributed by atoms with Gasteiger partial charge in [0.05, 0.1) is 6.10 Å². The molecule has 0 saturated heterocycles. The van der Waals surface area contributed by atoms with Gasteiger partial charge in [-0.1, -0.05) is 49.4 Å². The number of rotatable bonds is 4. The average Bonchev–Trinajstić information content (AvgIpc) is 2.37. The molecule has 0 aliphatic rings. The molecule has 2 nitrogen and oxygen atoms in total. The van der Waals surface area contributed by atoms with Gasteiger partial charge in [0.1, 0.15) is 0 Å². The summed E-state index contributed by atoms with van der Waals surface area (Å²) in [6, 6.07) is 14.4. The van der Waals surface area contributed by atoms with Gasteiger partial charge in [0.15, 0.2) is 0 Å². The molecular weight excluding hydrogens is 212 g/mol. The Balaban J connectivity index is 2.29. The molecule has 17 heavy (non-hydrogen) atoms. The molecule has 2 rings (SSSR count). The highest BCUT2D eigenvalue weighted by Gasteiger charge is 2.15. The first-order valence-corrected chi connectivity index (χ1v) is 6.00. The Morgan fingerprint density at radius 3 is 2.47 bits per heavy atom. The summed E-state index contributed by atoms with van der Waals surface area (Å²) in [6.07, 6.45) is -0.0604. The third-order valence-corrected chi connectivity index (χ3v) is 3.30. The Kier molecular flexibility index (Phi) is 3.77. The summed E-state index contributed by atoms with van der Waals surface area (Å²) in [4.78, 5) is 0. The summed E-state index contributed by atoms with van der Waals surface area (Å²) in [7, 11) is 0. The fraction of sp³-hybridized carbons (Fsp3) is 0.333. The van der Waals surface area contributed by atoms with Crippen LogP contribution in [0, 0.1) is 0 Å². The first kappa shape index (κ1) is 12.1. The molecular formula is C15H18O2. The zero-order valence-electron chi connectivity index (χ0n) is 10.0. The Hall–Kier alpha value is -1.38. The van der Waals surface area contributed by atoms with Crippen LogP contribution in [-0.2, 0) is 0 Å². The Bertz CT molecular complexity index is 493. The van der Waals surface area contributed by atoms with Crippen molar-refractivity contribution in [3.05, 3.63) is 48.0 Å². The molecule has 2 atom stereocenters. The van der Waals surface area contributed by atoms with Crippen molar-refractivity contribution in [1.82, 2.24) is 0 Å². The number of hydrogen-bond donors (Lipinski definition) is 2. The van der Waals surface area contributed by atoms with Crippen LogP contribution in [0.4, 0.5) is 0 Å². The van der Waals surface area contributed by atoms with E-state index in [2.05, 4.69) is 24.3 Å². The van der Waals surface area contributed by atoms with E-state index in [4.69, 9.17) is 5.11 Å². The maximum atomic E-state index is 9.88. The Labute approximate surface area is 102 Å². The normalized spacial score (nSPS) is 14.8. The van der Waals surface area contributed by atoms with Gasteiger partial charge in [0.2, 0.25) is 0 Å². The highest BCUT2D eigenvalue weighted by molar-refractivity contribution is 5.83. The van der Waals surface area contributed by atoms with E-state index in [-0.39, 0.29) is 12.5 Å². The Morgan fingerprint density at radius 2 is 1.76 bits per heavy atom. The van der Waals surface area contributed by atoms with Gasteiger partial charge in [-0.15, -0.1) is 0 Å². The van der Waals surface area contributed by atoms with Crippen LogP contribution in [0.5, 0.6) is 0 Å². The first-order valence-electron chi connectivity index (χ1n) is 6.00. The van der Waals surface area contributed by atoms with Crippen LogP contribution in [0.2, 0.25) is 0 Å². The van der Waals surface area contributed by atoms with Crippen LogP contribution in [0.25, 0.3) is 10.8 Å². The van der Waals surface area contributed by atoms with Gasteiger partial charge in [0, 0.05) is 12.5 Å². The summed E-state index contributed by atoms with van der Waals surface area (Å²) in [5.41, 5.74) is 1.12. The number of hydrogen-bond acceptors (Lipinski definition) is 2. The minimum atomic E-state index is -0.485. The SMILES string of the molecule is C[C@H](c1ccc2ccccc2c1)[C@@H](O)CCO. The van der Waals surface area contributed by atoms with Crippen LogP contribution >= 0.6 is 0 Å². The third-order valence-electron chi connectivity index (χ3n) is 3.30. The van der Waals surface area contributed by atoms with Crippen molar-refractivity contribution < 1.29 is 10.2 Å². The van der Waals surface area contributed by atoms with E-state index in [1.54, 1.807) is 0 Å². The summed E-state index contributed by atoms with van der Waals surface area (Å²) in [6.45, 7) is 2.02. The highest BCUT2D eigenvalue weighted by Crippen LogP contribution is 2.25. The summed E-state index contributed by atoms with van der Waals surface area (Å²) in [5.74, 6) is 0.0479. The second kappa shape index (κ2) is 5.30. The first-order chi connectivity index (χ1) is 8.22. The van der Waals surface area contributed by atoms with E-state index in [1.807, 2.05) is 25.1 Å². The van der Waals surface area contributed by atoms with E-state index < -0.39 is 6.10 Å². The second-order valence-corrected chi connectivity index (χ2v) is 4.47. The highest BCUT2D eigenvalue weighted by atomic mass is 16.3. The fourth-order valence-electron chi connectivity index (χ4n) is 2.10. The van der Waals surface area contributed by atoms with Crippen LogP contribution in [0.1, 0.15) is 24.8 Å². The molecule has 0 spiro atoms. The molecule has 0 amide bonds. The standard InChI is InChI=1S/C15H18O2/c1-11(15(17)8-9-16)13-7-6-12-4-2-3-5-14(12)10-13/h2-7,10-11,15-17H,8-9H2,1H3/t11-,15+/m1/s1. The van der Waals surface area contributed by atoms with Crippen LogP contribution in [0.3, 0.4) is 0 Å². The molecule has 2 N–H and O–H groups in total. The molecule has 0 bridgehead atoms. The second-order valence-electron chi connectivity index (χ2n) is 4.47. The molecule has 0 unspecified atom stereocenters. The molecule has 90 valence electrons. The largest absolute Gasteiger partial charge is 0.396 e. The lowest BCUT2D eigenvalue weighted by Crippen LogP contribution is -2.17. The maximum absolute atomic E-state index is 9.88. The molecule has 0 aromatic heterocycles. The monoisotopic (exact) mass is 230 g/mol. The molecule has 0 saturated carbocycles. The number of fused-ring (bicyclic) bond motifs is 1. The van der Waals surface area contributed by atoms with Crippen molar-refractivity contribution in [3.63, 3.8) is 0 Å². The van der Waals surface area contributed by atoms with Crippen molar-refractivity contribution >= 4 is 10.8 Å². The van der Waals surface area contributed by atoms with Gasteiger partial charge >= 0.3 is 0 Å². The number of aliphatic hydroxyl groups excluding tert-OH is 2. The lowest BCUT2D eigenvalue weighted by atomic mass is 9.92. The van der Waals surface area contributed by atoms with Gasteiger partial charge in [-0.05, 0) is 22.8 Å². The van der Waals surface area contributed by atoms with Gasteiger partial charge in [-0.3, -0.25) is 0 Å². The summed E-state index contributed by atoms with van der Waals surface area (Å²) in [5, 5.41) is 21.1. The minimum Gasteiger partial charge on any atom is -0.396 e. The van der Waals surface area contributed by atoms with Gasteiger partial charge < -0.3 is 10.2 Å². The fourth-order valence-corrected chi connectivity index (χ4v) is 2.10. The van der Waals surface area contributed by atoms with Gasteiger partial charge in [-0.25, -0.2) is 0 Å². The summed E-state index contributed by atoms with van der Waals surface area (Å²) < 4.78 is 0. The van der Waals surface area contributed by atoms with E-state index in [0.717, 1.165) is 5.56 Å². The molecule has 0 aliphatic carbocycles. The van der Waals surface area contributed by atoms with Crippen LogP contribution in [0.15, 0.2) is 42.5 Å². The minimum absolute atomic E-state index is 0.0269. The van der Waals surface area contributed by atoms with Crippen molar-refractivity contribution in [1.29, 1.82) is 0 Å². The molecule has 2 heteroatoms. The Morgan fingerprint density at radius 1 is 1.06 bits per heavy atom. The van der Waals surface area contributed by atoms with Crippen LogP contribution in [-0.4, -0.2) is 22.9 Å². The van der Waals surface area contributed by atoms with Gasteiger partial charge in [0.25, 0.3) is 0 Å². The van der Waals surface area contributed by atoms with Crippen molar-refractivity contribution in [2.75, 3.05) is 6.61 Å². The van der Waals surface area contributed by atoms with Crippen molar-refractivity contribution in [3.8, 4) is 0 Å². The topological polar surface area (TPSA) is 40.5 Å². The maximum Gasteiger partial charge on any atom is 0.0627 e. The molecule has 0 heterocycles. The third kappa shape index (κ3) is 2.65. The zero-order valence-corrected chi connectivity index (χ0v) is 10.0. The predicted octanol–water partition coefficient (Wildman–Crippen LogP) is 2.69. The molecule has 0 radical (unpaired) electrons. The number of benzene rings is 2. The lowest BCUT2D eigenvalue weighted by molar-refractivity contribution is 0.113. The molecule has 2 aromatic carbocycles. The quantitative estimate of drug-likeness (QED) is 0.847. The van der Waals surface area contributed by atoms with E-state index >= 15 is 0 Å².